The molecule has 0 spiro atoms. The molecule has 0 atom stereocenters. The van der Waals surface area contributed by atoms with E-state index in [0.717, 1.165) is 62.8 Å². The number of nitrogens with zero attached hydrogens (tertiary/aromatic N) is 6. The number of nitrogens with one attached hydrogen (secondary N) is 1. The SMILES string of the molecule is C/C(=C1\c2ccc(Cn3c(C4CC4)nc4c(C)cc(C)nc43)cc2COc2ccccc21)c1nnn[nH]1. The summed E-state index contributed by atoms with van der Waals surface area (Å²) in [5.74, 6) is 3.19. The van der Waals surface area contributed by atoms with Crippen LogP contribution in [0.2, 0.25) is 0 Å². The summed E-state index contributed by atoms with van der Waals surface area (Å²) in [7, 11) is 0. The fourth-order valence-electron chi connectivity index (χ4n) is 5.46. The van der Waals surface area contributed by atoms with Gasteiger partial charge < -0.3 is 9.30 Å². The first kappa shape index (κ1) is 21.9. The Hall–Kier alpha value is -4.33. The lowest BCUT2D eigenvalue weighted by atomic mass is 9.89. The zero-order valence-electron chi connectivity index (χ0n) is 21.1. The number of hydrogen-bond donors (Lipinski definition) is 1. The number of imidazole rings is 1. The first-order chi connectivity index (χ1) is 18.1. The highest BCUT2D eigenvalue weighted by Crippen LogP contribution is 2.42. The van der Waals surface area contributed by atoms with E-state index in [-0.39, 0.29) is 0 Å². The largest absolute Gasteiger partial charge is 0.488 e. The third-order valence-corrected chi connectivity index (χ3v) is 7.39. The molecule has 1 aliphatic carbocycles. The Morgan fingerprint density at radius 3 is 2.73 bits per heavy atom. The number of aryl methyl sites for hydroxylation is 2. The predicted octanol–water partition coefficient (Wildman–Crippen LogP) is 5.36. The van der Waals surface area contributed by atoms with Gasteiger partial charge in [-0.25, -0.2) is 15.1 Å². The molecule has 0 radical (unpaired) electrons. The number of tetrazole rings is 1. The number of benzene rings is 2. The minimum atomic E-state index is 0.488. The molecule has 4 heterocycles. The Balaban J connectivity index is 1.36. The second kappa shape index (κ2) is 8.37. The van der Waals surface area contributed by atoms with Gasteiger partial charge in [-0.05, 0) is 90.1 Å². The maximum absolute atomic E-state index is 6.31. The topological polar surface area (TPSA) is 94.4 Å². The van der Waals surface area contributed by atoms with Crippen LogP contribution in [-0.2, 0) is 13.2 Å². The van der Waals surface area contributed by atoms with E-state index >= 15 is 0 Å². The van der Waals surface area contributed by atoms with Crippen molar-refractivity contribution < 1.29 is 4.74 Å². The van der Waals surface area contributed by atoms with Gasteiger partial charge in [-0.3, -0.25) is 0 Å². The standard InChI is InChI=1S/C29H27N7O/c1-16-12-17(2)30-29-26(16)31-28(20-9-10-20)36(29)14-19-8-11-22-21(13-19)15-37-24-7-5-4-6-23(24)25(22)18(3)27-32-34-35-33-27/h4-8,11-13,20H,9-10,14-15H2,1-3H3,(H,32,33,34,35)/b25-18-. The molecule has 5 aromatic rings. The molecule has 37 heavy (non-hydrogen) atoms. The van der Waals surface area contributed by atoms with Gasteiger partial charge in [0, 0.05) is 22.7 Å². The second-order valence-electron chi connectivity index (χ2n) is 10.1. The summed E-state index contributed by atoms with van der Waals surface area (Å²) in [5.41, 5.74) is 10.8. The number of ether oxygens (including phenoxy) is 1. The van der Waals surface area contributed by atoms with E-state index in [4.69, 9.17) is 14.7 Å². The van der Waals surface area contributed by atoms with Crippen molar-refractivity contribution in [2.75, 3.05) is 0 Å². The van der Waals surface area contributed by atoms with Crippen LogP contribution in [-0.4, -0.2) is 35.2 Å². The molecule has 8 heteroatoms. The van der Waals surface area contributed by atoms with Crippen LogP contribution in [0.25, 0.3) is 22.3 Å². The molecule has 0 saturated heterocycles. The lowest BCUT2D eigenvalue weighted by Gasteiger charge is -2.15. The zero-order valence-corrected chi connectivity index (χ0v) is 21.1. The van der Waals surface area contributed by atoms with Gasteiger partial charge in [-0.2, -0.15) is 0 Å². The first-order valence-corrected chi connectivity index (χ1v) is 12.7. The van der Waals surface area contributed by atoms with Crippen molar-refractivity contribution in [2.24, 2.45) is 0 Å². The van der Waals surface area contributed by atoms with Crippen LogP contribution >= 0.6 is 0 Å². The van der Waals surface area contributed by atoms with Gasteiger partial charge in [0.25, 0.3) is 0 Å². The van der Waals surface area contributed by atoms with Gasteiger partial charge >= 0.3 is 0 Å². The first-order valence-electron chi connectivity index (χ1n) is 12.7. The van der Waals surface area contributed by atoms with E-state index in [0.29, 0.717) is 18.3 Å². The van der Waals surface area contributed by atoms with Crippen molar-refractivity contribution >= 4 is 22.3 Å². The number of H-pyrrole nitrogens is 1. The third-order valence-electron chi connectivity index (χ3n) is 7.39. The van der Waals surface area contributed by atoms with E-state index in [2.05, 4.69) is 69.4 Å². The quantitative estimate of drug-likeness (QED) is 0.365. The van der Waals surface area contributed by atoms with E-state index in [1.807, 2.05) is 25.1 Å². The van der Waals surface area contributed by atoms with Crippen molar-refractivity contribution in [3.05, 3.63) is 93.7 Å². The number of rotatable bonds is 4. The summed E-state index contributed by atoms with van der Waals surface area (Å²) in [5, 5.41) is 14.7. The Morgan fingerprint density at radius 2 is 1.92 bits per heavy atom. The summed E-state index contributed by atoms with van der Waals surface area (Å²) in [4.78, 5) is 9.95. The smallest absolute Gasteiger partial charge is 0.175 e. The molecule has 2 aliphatic rings. The molecule has 3 aromatic heterocycles. The van der Waals surface area contributed by atoms with Crippen LogP contribution in [0.5, 0.6) is 5.75 Å². The van der Waals surface area contributed by atoms with Crippen molar-refractivity contribution in [3.63, 3.8) is 0 Å². The maximum atomic E-state index is 6.31. The summed E-state index contributed by atoms with van der Waals surface area (Å²) in [6.45, 7) is 7.44. The average Bonchev–Trinajstić information content (AvgIpc) is 3.51. The van der Waals surface area contributed by atoms with Crippen LogP contribution in [0.3, 0.4) is 0 Å². The highest BCUT2D eigenvalue weighted by atomic mass is 16.5. The number of allylic oxidation sites excluding steroid dienone is 1. The highest BCUT2D eigenvalue weighted by molar-refractivity contribution is 5.99. The summed E-state index contributed by atoms with van der Waals surface area (Å²) in [6, 6.07) is 17.0. The number of aromatic nitrogens is 7. The molecule has 2 aromatic carbocycles. The van der Waals surface area contributed by atoms with Crippen LogP contribution in [0, 0.1) is 13.8 Å². The molecule has 184 valence electrons. The molecule has 8 nitrogen and oxygen atoms in total. The molecule has 1 saturated carbocycles. The van der Waals surface area contributed by atoms with Gasteiger partial charge in [-0.1, -0.05) is 30.3 Å². The van der Waals surface area contributed by atoms with E-state index in [1.165, 1.54) is 24.0 Å². The molecule has 7 rings (SSSR count). The van der Waals surface area contributed by atoms with Gasteiger partial charge in [0.05, 0.1) is 6.54 Å². The molecule has 0 bridgehead atoms. The number of fused-ring (bicyclic) bond motifs is 3. The highest BCUT2D eigenvalue weighted by Gasteiger charge is 2.31. The van der Waals surface area contributed by atoms with E-state index in [1.54, 1.807) is 0 Å². The monoisotopic (exact) mass is 489 g/mol. The minimum absolute atomic E-state index is 0.488. The number of hydrogen-bond acceptors (Lipinski definition) is 6. The van der Waals surface area contributed by atoms with Gasteiger partial charge in [0.2, 0.25) is 0 Å². The van der Waals surface area contributed by atoms with Crippen molar-refractivity contribution in [1.29, 1.82) is 0 Å². The minimum Gasteiger partial charge on any atom is -0.488 e. The Morgan fingerprint density at radius 1 is 1.05 bits per heavy atom. The third kappa shape index (κ3) is 3.71. The van der Waals surface area contributed by atoms with Crippen LogP contribution < -0.4 is 4.74 Å². The molecule has 0 unspecified atom stereocenters. The second-order valence-corrected chi connectivity index (χ2v) is 10.1. The lowest BCUT2D eigenvalue weighted by Crippen LogP contribution is -2.07. The lowest BCUT2D eigenvalue weighted by molar-refractivity contribution is 0.307. The normalized spacial score (nSPS) is 16.2. The van der Waals surface area contributed by atoms with Gasteiger partial charge in [0.15, 0.2) is 11.5 Å². The van der Waals surface area contributed by atoms with E-state index in [9.17, 15) is 0 Å². The predicted molar refractivity (Wildman–Crippen MR) is 141 cm³/mol. The number of para-hydroxylation sites is 1. The molecular weight excluding hydrogens is 462 g/mol. The number of aromatic amines is 1. The molecule has 1 aliphatic heterocycles. The Labute approximate surface area is 214 Å². The summed E-state index contributed by atoms with van der Waals surface area (Å²) >= 11 is 0. The Kier molecular flexibility index (Phi) is 4.96. The summed E-state index contributed by atoms with van der Waals surface area (Å²) in [6.07, 6.45) is 2.39. The zero-order chi connectivity index (χ0) is 25.1. The fraction of sp³-hybridized carbons (Fsp3) is 0.276. The molecule has 0 amide bonds. The van der Waals surface area contributed by atoms with Crippen LogP contribution in [0.4, 0.5) is 0 Å². The maximum Gasteiger partial charge on any atom is 0.175 e. The summed E-state index contributed by atoms with van der Waals surface area (Å²) < 4.78 is 8.63. The molecule has 1 N–H and O–H groups in total. The van der Waals surface area contributed by atoms with E-state index < -0.39 is 0 Å². The van der Waals surface area contributed by atoms with Crippen LogP contribution in [0.1, 0.15) is 70.8 Å². The van der Waals surface area contributed by atoms with Crippen molar-refractivity contribution in [2.45, 2.75) is 52.7 Å². The van der Waals surface area contributed by atoms with Crippen LogP contribution in [0.15, 0.2) is 48.5 Å². The average molecular weight is 490 g/mol. The fourth-order valence-corrected chi connectivity index (χ4v) is 5.46. The number of pyridine rings is 1. The Bertz CT molecular complexity index is 1690. The van der Waals surface area contributed by atoms with Crippen molar-refractivity contribution in [3.8, 4) is 5.75 Å². The van der Waals surface area contributed by atoms with Crippen molar-refractivity contribution in [1.82, 2.24) is 35.2 Å². The molecular formula is C29H27N7O. The molecule has 1 fully saturated rings. The van der Waals surface area contributed by atoms with Gasteiger partial charge in [0.1, 0.15) is 23.7 Å². The van der Waals surface area contributed by atoms with Gasteiger partial charge in [-0.15, -0.1) is 5.10 Å².